The van der Waals surface area contributed by atoms with Gasteiger partial charge in [0.15, 0.2) is 0 Å². The van der Waals surface area contributed by atoms with Gasteiger partial charge in [-0.3, -0.25) is 14.3 Å². The number of hydrogen-bond acceptors (Lipinski definition) is 5. The number of aromatic nitrogens is 3. The number of imidazole rings is 1. The van der Waals surface area contributed by atoms with Crippen molar-refractivity contribution in [2.45, 2.75) is 13.8 Å². The standard InChI is InChI=1S/C23H23N5O2/c1-14-11-20(17-5-3-4-6-19(17)25-14)28-15(2)26-22-18(23(24)29)12-16(13-21(22)28)27-7-9-30-10-8-27/h3-6,11-13H,7-10H2,1-2H3,(H2,24,29). The molecule has 4 aromatic rings. The smallest absolute Gasteiger partial charge is 0.251 e. The number of nitrogens with zero attached hydrogens (tertiary/aromatic N) is 4. The van der Waals surface area contributed by atoms with E-state index < -0.39 is 5.91 Å². The highest BCUT2D eigenvalue weighted by Crippen LogP contribution is 2.32. The first-order valence-corrected chi connectivity index (χ1v) is 10.1. The van der Waals surface area contributed by atoms with Gasteiger partial charge in [0.1, 0.15) is 11.3 Å². The fraction of sp³-hybridized carbons (Fsp3) is 0.261. The first-order chi connectivity index (χ1) is 14.5. The van der Waals surface area contributed by atoms with Crippen molar-refractivity contribution in [3.8, 4) is 5.69 Å². The van der Waals surface area contributed by atoms with Gasteiger partial charge < -0.3 is 15.4 Å². The Labute approximate surface area is 174 Å². The second-order valence-electron chi connectivity index (χ2n) is 7.62. The number of primary amides is 1. The summed E-state index contributed by atoms with van der Waals surface area (Å²) in [6, 6.07) is 14.1. The van der Waals surface area contributed by atoms with Crippen molar-refractivity contribution in [3.63, 3.8) is 0 Å². The van der Waals surface area contributed by atoms with E-state index >= 15 is 0 Å². The Hall–Kier alpha value is -3.45. The van der Waals surface area contributed by atoms with Crippen molar-refractivity contribution >= 4 is 33.5 Å². The average Bonchev–Trinajstić information content (AvgIpc) is 3.08. The molecule has 152 valence electrons. The first-order valence-electron chi connectivity index (χ1n) is 10.1. The molecule has 0 bridgehead atoms. The molecule has 3 heterocycles. The summed E-state index contributed by atoms with van der Waals surface area (Å²) in [6.07, 6.45) is 0. The van der Waals surface area contributed by atoms with Crippen LogP contribution in [0.3, 0.4) is 0 Å². The summed E-state index contributed by atoms with van der Waals surface area (Å²) < 4.78 is 7.59. The summed E-state index contributed by atoms with van der Waals surface area (Å²) in [6.45, 7) is 6.80. The predicted molar refractivity (Wildman–Crippen MR) is 117 cm³/mol. The van der Waals surface area contributed by atoms with Crippen LogP contribution in [0, 0.1) is 13.8 Å². The summed E-state index contributed by atoms with van der Waals surface area (Å²) in [4.78, 5) is 23.9. The van der Waals surface area contributed by atoms with Crippen LogP contribution in [0.5, 0.6) is 0 Å². The fourth-order valence-corrected chi connectivity index (χ4v) is 4.25. The summed E-state index contributed by atoms with van der Waals surface area (Å²) in [7, 11) is 0. The number of benzene rings is 2. The van der Waals surface area contributed by atoms with Gasteiger partial charge in [0.05, 0.1) is 35.5 Å². The molecule has 7 nitrogen and oxygen atoms in total. The van der Waals surface area contributed by atoms with Gasteiger partial charge in [-0.15, -0.1) is 0 Å². The lowest BCUT2D eigenvalue weighted by atomic mass is 10.1. The van der Waals surface area contributed by atoms with Crippen molar-refractivity contribution < 1.29 is 9.53 Å². The number of anilines is 1. The van der Waals surface area contributed by atoms with E-state index in [1.807, 2.05) is 38.1 Å². The highest BCUT2D eigenvalue weighted by molar-refractivity contribution is 6.06. The maximum atomic E-state index is 12.3. The Balaban J connectivity index is 1.82. The lowest BCUT2D eigenvalue weighted by Gasteiger charge is -2.29. The van der Waals surface area contributed by atoms with E-state index in [-0.39, 0.29) is 0 Å². The number of rotatable bonds is 3. The van der Waals surface area contributed by atoms with Crippen molar-refractivity contribution in [2.75, 3.05) is 31.2 Å². The number of hydrogen-bond donors (Lipinski definition) is 1. The number of para-hydroxylation sites is 1. The van der Waals surface area contributed by atoms with Crippen molar-refractivity contribution in [1.29, 1.82) is 0 Å². The third-order valence-corrected chi connectivity index (χ3v) is 5.62. The lowest BCUT2D eigenvalue weighted by Crippen LogP contribution is -2.36. The van der Waals surface area contributed by atoms with E-state index in [0.29, 0.717) is 24.3 Å². The van der Waals surface area contributed by atoms with E-state index in [4.69, 9.17) is 15.5 Å². The Morgan fingerprint density at radius 2 is 1.83 bits per heavy atom. The monoisotopic (exact) mass is 401 g/mol. The van der Waals surface area contributed by atoms with Crippen LogP contribution in [0.2, 0.25) is 0 Å². The minimum absolute atomic E-state index is 0.436. The maximum absolute atomic E-state index is 12.3. The molecule has 1 amide bonds. The van der Waals surface area contributed by atoms with Gasteiger partial charge in [-0.2, -0.15) is 0 Å². The number of amides is 1. The Morgan fingerprint density at radius 1 is 1.07 bits per heavy atom. The number of carbonyl (C=O) groups is 1. The molecule has 1 aliphatic rings. The molecule has 5 rings (SSSR count). The SMILES string of the molecule is Cc1cc(-n2c(C)nc3c(C(N)=O)cc(N4CCOCC4)cc32)c2ccccc2n1. The molecule has 2 aromatic heterocycles. The lowest BCUT2D eigenvalue weighted by molar-refractivity contribution is 0.100. The van der Waals surface area contributed by atoms with Crippen LogP contribution in [0.4, 0.5) is 5.69 Å². The Bertz CT molecular complexity index is 1290. The molecule has 0 saturated carbocycles. The number of fused-ring (bicyclic) bond motifs is 2. The van der Waals surface area contributed by atoms with Crippen LogP contribution < -0.4 is 10.6 Å². The topological polar surface area (TPSA) is 86.3 Å². The van der Waals surface area contributed by atoms with Crippen molar-refractivity contribution in [2.24, 2.45) is 5.73 Å². The summed E-state index contributed by atoms with van der Waals surface area (Å²) in [5, 5.41) is 1.03. The molecule has 1 fully saturated rings. The molecule has 0 unspecified atom stereocenters. The van der Waals surface area contributed by atoms with Gasteiger partial charge in [0, 0.05) is 29.9 Å². The zero-order chi connectivity index (χ0) is 20.8. The molecule has 7 heteroatoms. The second kappa shape index (κ2) is 7.11. The van der Waals surface area contributed by atoms with E-state index in [0.717, 1.165) is 52.4 Å². The van der Waals surface area contributed by atoms with E-state index in [2.05, 4.69) is 32.7 Å². The Morgan fingerprint density at radius 3 is 2.60 bits per heavy atom. The van der Waals surface area contributed by atoms with Gasteiger partial charge in [-0.25, -0.2) is 4.98 Å². The normalized spacial score (nSPS) is 14.5. The highest BCUT2D eigenvalue weighted by atomic mass is 16.5. The number of ether oxygens (including phenoxy) is 1. The second-order valence-corrected chi connectivity index (χ2v) is 7.62. The highest BCUT2D eigenvalue weighted by Gasteiger charge is 2.21. The summed E-state index contributed by atoms with van der Waals surface area (Å²) in [5.41, 5.74) is 11.5. The number of aryl methyl sites for hydroxylation is 2. The van der Waals surface area contributed by atoms with Crippen molar-refractivity contribution in [3.05, 3.63) is 59.5 Å². The van der Waals surface area contributed by atoms with Gasteiger partial charge >= 0.3 is 0 Å². The van der Waals surface area contributed by atoms with Crippen LogP contribution >= 0.6 is 0 Å². The minimum Gasteiger partial charge on any atom is -0.378 e. The summed E-state index contributed by atoms with van der Waals surface area (Å²) >= 11 is 0. The van der Waals surface area contributed by atoms with Gasteiger partial charge in [0.2, 0.25) is 0 Å². The Kier molecular flexibility index (Phi) is 4.40. The quantitative estimate of drug-likeness (QED) is 0.570. The van der Waals surface area contributed by atoms with Crippen molar-refractivity contribution in [1.82, 2.24) is 14.5 Å². The maximum Gasteiger partial charge on any atom is 0.251 e. The molecule has 0 aliphatic carbocycles. The molecular weight excluding hydrogens is 378 g/mol. The zero-order valence-corrected chi connectivity index (χ0v) is 17.1. The molecule has 2 N–H and O–H groups in total. The number of morpholine rings is 1. The van der Waals surface area contributed by atoms with Gasteiger partial charge in [0.25, 0.3) is 5.91 Å². The van der Waals surface area contributed by atoms with E-state index in [1.54, 1.807) is 0 Å². The molecule has 1 aliphatic heterocycles. The number of nitrogens with two attached hydrogens (primary N) is 1. The largest absolute Gasteiger partial charge is 0.378 e. The minimum atomic E-state index is -0.476. The van der Waals surface area contributed by atoms with Crippen LogP contribution in [-0.2, 0) is 4.74 Å². The van der Waals surface area contributed by atoms with Crippen LogP contribution in [0.25, 0.3) is 27.6 Å². The van der Waals surface area contributed by atoms with Crippen LogP contribution in [0.15, 0.2) is 42.5 Å². The van der Waals surface area contributed by atoms with Crippen LogP contribution in [-0.4, -0.2) is 46.7 Å². The molecule has 1 saturated heterocycles. The number of carbonyl (C=O) groups excluding carboxylic acids is 1. The van der Waals surface area contributed by atoms with Crippen LogP contribution in [0.1, 0.15) is 21.9 Å². The molecule has 2 aromatic carbocycles. The molecule has 30 heavy (non-hydrogen) atoms. The average molecular weight is 401 g/mol. The molecule has 0 atom stereocenters. The number of pyridine rings is 1. The van der Waals surface area contributed by atoms with Gasteiger partial charge in [-0.1, -0.05) is 18.2 Å². The third kappa shape index (κ3) is 2.98. The summed E-state index contributed by atoms with van der Waals surface area (Å²) in [5.74, 6) is 0.318. The molecule has 0 spiro atoms. The zero-order valence-electron chi connectivity index (χ0n) is 17.1. The van der Waals surface area contributed by atoms with E-state index in [1.165, 1.54) is 0 Å². The van der Waals surface area contributed by atoms with E-state index in [9.17, 15) is 4.79 Å². The first kappa shape index (κ1) is 18.6. The molecule has 0 radical (unpaired) electrons. The third-order valence-electron chi connectivity index (χ3n) is 5.62. The van der Waals surface area contributed by atoms with Gasteiger partial charge in [-0.05, 0) is 38.1 Å². The fourth-order valence-electron chi connectivity index (χ4n) is 4.25. The molecular formula is C23H23N5O2. The predicted octanol–water partition coefficient (Wildman–Crippen LogP) is 3.13.